The zero-order chi connectivity index (χ0) is 106. The van der Waals surface area contributed by atoms with Crippen molar-refractivity contribution in [2.75, 3.05) is 56.8 Å². The van der Waals surface area contributed by atoms with Gasteiger partial charge >= 0.3 is 41.8 Å². The molecular weight excluding hydrogens is 1940 g/mol. The summed E-state index contributed by atoms with van der Waals surface area (Å²) in [7, 11) is 0. The van der Waals surface area contributed by atoms with Crippen LogP contribution in [-0.2, 0) is 47.9 Å². The number of aromatic nitrogens is 3. The minimum Gasteiger partial charge on any atom is -0.494 e. The lowest BCUT2D eigenvalue weighted by Gasteiger charge is -2.11. The van der Waals surface area contributed by atoms with Crippen LogP contribution < -0.4 is 50.4 Å². The lowest BCUT2D eigenvalue weighted by Crippen LogP contribution is -2.11. The van der Waals surface area contributed by atoms with Crippen LogP contribution in [0.5, 0.6) is 40.2 Å². The molecule has 15 rings (SSSR count). The molecule has 0 saturated carbocycles. The summed E-state index contributed by atoms with van der Waals surface area (Å²) in [4.78, 5) is 96.0. The molecule has 26 nitrogen and oxygen atoms in total. The summed E-state index contributed by atoms with van der Waals surface area (Å²) < 4.78 is 57.4. The molecule has 3 heterocycles. The molecule has 15 aromatic rings. The second-order valence-corrected chi connectivity index (χ2v) is 36.5. The van der Waals surface area contributed by atoms with Crippen molar-refractivity contribution in [1.82, 2.24) is 15.0 Å². The summed E-state index contributed by atoms with van der Waals surface area (Å²) in [6.45, 7) is 19.0. The van der Waals surface area contributed by atoms with E-state index >= 15 is 0 Å². The van der Waals surface area contributed by atoms with Crippen LogP contribution in [-0.4, -0.2) is 115 Å². The maximum absolute atomic E-state index is 12.7. The number of nitrogens with zero attached hydrogens (tertiary/aromatic N) is 3. The van der Waals surface area contributed by atoms with E-state index in [-0.39, 0.29) is 12.4 Å². The van der Waals surface area contributed by atoms with Crippen LogP contribution in [0.15, 0.2) is 311 Å². The van der Waals surface area contributed by atoms with Gasteiger partial charge in [-0.15, -0.1) is 0 Å². The SMILES string of the molecule is C=CC(=O)OCCCCCCOc1ccc(C(=O)Oc2ccc(C#Cc3ccc(CCCC)cc3)cc2C=N)cc1.C=CC(=O)OCCCCCCOc1ccc(C(=O)Oc2ccc(C(=O)Oc3ccc(CCCCC)cc3C=N)cc2)cc1.C=CC(=O)OCCCOc1ccc(C(=O)Oc2ccc(-c3ccc(CCC)cc3)cc2C=N)cc1.Nc1nc2ccccc2s1.Nc1nc2ccccc2s1.Nc1nc2ccccc2s1. The van der Waals surface area contributed by atoms with Gasteiger partial charge in [0.2, 0.25) is 0 Å². The zero-order valence-electron chi connectivity index (χ0n) is 83.8. The van der Waals surface area contributed by atoms with Crippen molar-refractivity contribution < 1.29 is 80.9 Å². The Morgan fingerprint density at radius 3 is 1.05 bits per heavy atom. The molecule has 29 heteroatoms. The van der Waals surface area contributed by atoms with Crippen molar-refractivity contribution in [3.05, 3.63) is 378 Å². The fourth-order valence-electron chi connectivity index (χ4n) is 14.2. The highest BCUT2D eigenvalue weighted by atomic mass is 32.1. The number of nitrogens with two attached hydrogens (primary N) is 3. The number of thiazole rings is 3. The third-order valence-corrected chi connectivity index (χ3v) is 24.7. The molecule has 3 aromatic heterocycles. The minimum absolute atomic E-state index is 0.244. The number of rotatable bonds is 45. The van der Waals surface area contributed by atoms with E-state index in [2.05, 4.69) is 104 Å². The summed E-state index contributed by atoms with van der Waals surface area (Å²) >= 11 is 4.56. The molecule has 0 aliphatic carbocycles. The van der Waals surface area contributed by atoms with E-state index in [0.29, 0.717) is 128 Å². The molecule has 12 aromatic carbocycles. The smallest absolute Gasteiger partial charge is 0.343 e. The molecule has 0 atom stereocenters. The van der Waals surface area contributed by atoms with E-state index in [1.54, 1.807) is 103 Å². The number of carbonyl (C=O) groups excluding carboxylic acids is 7. The predicted octanol–water partition coefficient (Wildman–Crippen LogP) is 26.5. The fraction of sp³-hybridized carbons (Fsp3) is 0.225. The molecule has 149 heavy (non-hydrogen) atoms. The Bertz CT molecular complexity index is 6710. The van der Waals surface area contributed by atoms with Gasteiger partial charge in [0.1, 0.15) is 40.2 Å². The molecule has 0 radical (unpaired) electrons. The molecule has 0 spiro atoms. The molecule has 0 unspecified atom stereocenters. The van der Waals surface area contributed by atoms with Gasteiger partial charge in [-0.1, -0.05) is 197 Å². The average molecular weight is 2060 g/mol. The van der Waals surface area contributed by atoms with E-state index in [4.69, 9.17) is 80.8 Å². The number of benzene rings is 12. The van der Waals surface area contributed by atoms with Gasteiger partial charge in [0, 0.05) is 71.1 Å². The third-order valence-electron chi connectivity index (χ3n) is 22.1. The Hall–Kier alpha value is -16.8. The topological polar surface area (TPSA) is 400 Å². The highest BCUT2D eigenvalue weighted by molar-refractivity contribution is 7.22. The number of hydrogen-bond acceptors (Lipinski definition) is 29. The molecule has 0 bridgehead atoms. The maximum Gasteiger partial charge on any atom is 0.343 e. The van der Waals surface area contributed by atoms with Gasteiger partial charge in [-0.25, -0.2) is 48.5 Å². The minimum atomic E-state index is -0.565. The summed E-state index contributed by atoms with van der Waals surface area (Å²) in [5.41, 5.74) is 29.8. The van der Waals surface area contributed by atoms with Crippen molar-refractivity contribution in [1.29, 1.82) is 16.2 Å². The van der Waals surface area contributed by atoms with Crippen LogP contribution in [0.25, 0.3) is 41.8 Å². The number of nitrogens with one attached hydrogen (secondary N) is 3. The monoisotopic (exact) mass is 2060 g/mol. The molecule has 0 fully saturated rings. The van der Waals surface area contributed by atoms with E-state index in [9.17, 15) is 33.6 Å². The van der Waals surface area contributed by atoms with E-state index < -0.39 is 41.8 Å². The van der Waals surface area contributed by atoms with Crippen LogP contribution in [0, 0.1) is 28.1 Å². The van der Waals surface area contributed by atoms with Crippen LogP contribution in [0.3, 0.4) is 0 Å². The van der Waals surface area contributed by atoms with Crippen LogP contribution in [0.1, 0.15) is 203 Å². The van der Waals surface area contributed by atoms with E-state index in [1.807, 2.05) is 109 Å². The lowest BCUT2D eigenvalue weighted by molar-refractivity contribution is -0.138. The second kappa shape index (κ2) is 63.5. The van der Waals surface area contributed by atoms with Crippen LogP contribution in [0.4, 0.5) is 15.4 Å². The summed E-state index contributed by atoms with van der Waals surface area (Å²) in [6.07, 6.45) is 24.4. The van der Waals surface area contributed by atoms with Crippen molar-refractivity contribution in [2.45, 2.75) is 136 Å². The first kappa shape index (κ1) is 114. The highest BCUT2D eigenvalue weighted by Crippen LogP contribution is 2.32. The van der Waals surface area contributed by atoms with E-state index in [1.165, 1.54) is 94.7 Å². The summed E-state index contributed by atoms with van der Waals surface area (Å²) in [6, 6.07) is 82.7. The zero-order valence-corrected chi connectivity index (χ0v) is 86.2. The first-order valence-corrected chi connectivity index (χ1v) is 51.5. The van der Waals surface area contributed by atoms with Crippen LogP contribution >= 0.6 is 34.0 Å². The number of fused-ring (bicyclic) bond motifs is 3. The highest BCUT2D eigenvalue weighted by Gasteiger charge is 2.19. The Labute approximate surface area is 880 Å². The fourth-order valence-corrected chi connectivity index (χ4v) is 16.4. The van der Waals surface area contributed by atoms with Crippen molar-refractivity contribution in [3.8, 4) is 63.2 Å². The van der Waals surface area contributed by atoms with Gasteiger partial charge < -0.3 is 80.8 Å². The molecule has 0 amide bonds. The largest absolute Gasteiger partial charge is 0.494 e. The number of ether oxygens (including phenoxy) is 10. The van der Waals surface area contributed by atoms with Gasteiger partial charge in [0.25, 0.3) is 0 Å². The van der Waals surface area contributed by atoms with Gasteiger partial charge in [0.15, 0.2) is 15.4 Å². The number of anilines is 3. The predicted molar refractivity (Wildman–Crippen MR) is 596 cm³/mol. The second-order valence-electron chi connectivity index (χ2n) is 33.3. The van der Waals surface area contributed by atoms with Crippen molar-refractivity contribution >= 4 is 140 Å². The Kier molecular flexibility index (Phi) is 48.6. The number of hydrogen-bond donors (Lipinski definition) is 6. The quantitative estimate of drug-likeness (QED) is 0.00393. The van der Waals surface area contributed by atoms with Gasteiger partial charge in [0.05, 0.1) is 92.5 Å². The summed E-state index contributed by atoms with van der Waals surface area (Å²) in [5, 5.41) is 25.2. The molecular formula is C120H123N9O17S3. The maximum atomic E-state index is 12.7. The standard InChI is InChI=1S/C35H39NO7.C35H37NO5.C29H29NO5.3C7H6N2S/c1-3-5-8-11-26-12-21-32(29(24-26)25-36)43-35(39)28-15-19-31(20-16-28)42-34(38)27-13-17-30(18-14-27)40-22-9-6-7-10-23-41-33(37)4-2;1-3-5-10-27-11-13-28(14-12-27)15-16-29-17-22-33(31(25-29)26-36)41-35(38)30-18-20-32(21-19-30)39-23-8-6-7-9-24-40-34(37)4-2;1-3-6-21-7-9-22(10-8-21)24-13-16-27(25(19-24)20-30)35-29(32)23-11-14-26(15-12-23)33-17-5-18-34-28(31)4-2;3*8-7-9-5-3-1-2-4-6(5)10-7/h4,12-21,24-25,36H,2-3,5-11,22-23H2,1H3;4,11-14,17-22,25-26,36H,2-3,5-10,23-24H2,1H3;4,7-16,19-20,30H,2-3,5-6,17-18H2,1H3;3*1-4H,(H2,8,9). The number of esters is 7. The first-order valence-electron chi connectivity index (χ1n) is 49.1. The number of nitrogen functional groups attached to an aromatic ring is 3. The lowest BCUT2D eigenvalue weighted by atomic mass is 10.0. The molecule has 0 aliphatic rings. The molecule has 0 aliphatic heterocycles. The Morgan fingerprint density at radius 2 is 0.638 bits per heavy atom. The number of aryl methyl sites for hydroxylation is 3. The van der Waals surface area contributed by atoms with Crippen molar-refractivity contribution in [3.63, 3.8) is 0 Å². The summed E-state index contributed by atoms with van der Waals surface area (Å²) in [5.74, 6) is 6.04. The first-order chi connectivity index (χ1) is 72.6. The number of unbranched alkanes of at least 4 members (excludes halogenated alkanes) is 9. The molecule has 0 saturated heterocycles. The third kappa shape index (κ3) is 39.9. The van der Waals surface area contributed by atoms with Crippen molar-refractivity contribution in [2.24, 2.45) is 0 Å². The molecule has 768 valence electrons. The van der Waals surface area contributed by atoms with E-state index in [0.717, 1.165) is 179 Å². The number of para-hydroxylation sites is 3. The van der Waals surface area contributed by atoms with Gasteiger partial charge in [-0.3, -0.25) is 0 Å². The average Bonchev–Trinajstić information content (AvgIpc) is 1.80. The van der Waals surface area contributed by atoms with Gasteiger partial charge in [-0.05, 0) is 299 Å². The molecule has 9 N–H and O–H groups in total. The number of carbonyl (C=O) groups is 7. The normalized spacial score (nSPS) is 10.3. The Balaban J connectivity index is 0.000000199. The van der Waals surface area contributed by atoms with Crippen LogP contribution in [0.2, 0.25) is 0 Å². The van der Waals surface area contributed by atoms with Gasteiger partial charge in [-0.2, -0.15) is 0 Å². The Morgan fingerprint density at radius 1 is 0.309 bits per heavy atom.